The topological polar surface area (TPSA) is 81.4 Å². The minimum Gasteiger partial charge on any atom is -0.378 e. The lowest BCUT2D eigenvalue weighted by molar-refractivity contribution is 0.0911. The number of rotatable bonds is 7. The molecule has 1 rings (SSSR count). The van der Waals surface area contributed by atoms with Crippen LogP contribution in [0, 0.1) is 0 Å². The Morgan fingerprint density at radius 1 is 1.28 bits per heavy atom. The Labute approximate surface area is 111 Å². The third-order valence-electron chi connectivity index (χ3n) is 3.30. The summed E-state index contributed by atoms with van der Waals surface area (Å²) in [5.41, 5.74) is 5.83. The molecule has 0 atom stereocenters. The molecule has 0 spiro atoms. The lowest BCUT2D eigenvalue weighted by Crippen LogP contribution is -2.51. The van der Waals surface area contributed by atoms with Gasteiger partial charge in [-0.25, -0.2) is 13.1 Å². The number of sulfonamides is 1. The summed E-state index contributed by atoms with van der Waals surface area (Å²) in [4.78, 5) is 0. The van der Waals surface area contributed by atoms with E-state index in [-0.39, 0.29) is 24.0 Å². The van der Waals surface area contributed by atoms with Crippen LogP contribution in [0.2, 0.25) is 0 Å². The summed E-state index contributed by atoms with van der Waals surface area (Å²) in [5, 5.41) is 0. The van der Waals surface area contributed by atoms with Crippen LogP contribution < -0.4 is 10.5 Å². The second kappa shape index (κ2) is 6.84. The van der Waals surface area contributed by atoms with Gasteiger partial charge in [0.25, 0.3) is 0 Å². The van der Waals surface area contributed by atoms with Crippen molar-refractivity contribution in [2.45, 2.75) is 57.6 Å². The van der Waals surface area contributed by atoms with Crippen molar-refractivity contribution in [1.82, 2.24) is 4.72 Å². The highest BCUT2D eigenvalue weighted by Gasteiger charge is 2.28. The number of nitrogens with two attached hydrogens (primary N) is 1. The normalized spacial score (nSPS) is 20.2. The van der Waals surface area contributed by atoms with Crippen molar-refractivity contribution >= 4 is 10.0 Å². The maximum Gasteiger partial charge on any atom is 0.213 e. The zero-order chi connectivity index (χ0) is 13.6. The summed E-state index contributed by atoms with van der Waals surface area (Å²) in [6.07, 6.45) is 5.24. The van der Waals surface area contributed by atoms with Crippen molar-refractivity contribution in [3.8, 4) is 0 Å². The fourth-order valence-corrected chi connectivity index (χ4v) is 3.12. The summed E-state index contributed by atoms with van der Waals surface area (Å²) in [5.74, 6) is 0.00125. The largest absolute Gasteiger partial charge is 0.378 e. The van der Waals surface area contributed by atoms with Crippen LogP contribution in [-0.4, -0.2) is 39.0 Å². The van der Waals surface area contributed by atoms with Crippen LogP contribution in [0.1, 0.15) is 46.0 Å². The van der Waals surface area contributed by atoms with E-state index >= 15 is 0 Å². The van der Waals surface area contributed by atoms with E-state index in [0.29, 0.717) is 6.54 Å². The molecular formula is C12H26N2O3S. The molecule has 0 amide bonds. The van der Waals surface area contributed by atoms with Gasteiger partial charge in [-0.1, -0.05) is 19.3 Å². The first-order valence-corrected chi connectivity index (χ1v) is 8.36. The third kappa shape index (κ3) is 6.13. The number of hydrogen-bond donors (Lipinski definition) is 2. The maximum atomic E-state index is 11.8. The van der Waals surface area contributed by atoms with Crippen molar-refractivity contribution in [1.29, 1.82) is 0 Å². The van der Waals surface area contributed by atoms with E-state index in [2.05, 4.69) is 4.72 Å². The Morgan fingerprint density at radius 2 is 1.89 bits per heavy atom. The molecule has 0 bridgehead atoms. The molecule has 6 heteroatoms. The second-order valence-electron chi connectivity index (χ2n) is 5.48. The SMILES string of the molecule is CC(C)OCCS(=O)(=O)NCC1(N)CCCCC1. The molecule has 1 aliphatic rings. The fourth-order valence-electron chi connectivity index (χ4n) is 2.15. The fraction of sp³-hybridized carbons (Fsp3) is 1.00. The lowest BCUT2D eigenvalue weighted by Gasteiger charge is -2.33. The van der Waals surface area contributed by atoms with E-state index in [0.717, 1.165) is 25.7 Å². The van der Waals surface area contributed by atoms with E-state index < -0.39 is 10.0 Å². The average molecular weight is 278 g/mol. The molecule has 0 aromatic heterocycles. The summed E-state index contributed by atoms with van der Waals surface area (Å²) < 4.78 is 31.4. The smallest absolute Gasteiger partial charge is 0.213 e. The summed E-state index contributed by atoms with van der Waals surface area (Å²) in [6, 6.07) is 0. The number of nitrogens with one attached hydrogen (secondary N) is 1. The summed E-state index contributed by atoms with van der Waals surface area (Å²) >= 11 is 0. The van der Waals surface area contributed by atoms with E-state index in [1.165, 1.54) is 6.42 Å². The van der Waals surface area contributed by atoms with Gasteiger partial charge in [-0.15, -0.1) is 0 Å². The van der Waals surface area contributed by atoms with Crippen molar-refractivity contribution in [3.05, 3.63) is 0 Å². The highest BCUT2D eigenvalue weighted by Crippen LogP contribution is 2.25. The van der Waals surface area contributed by atoms with Crippen LogP contribution in [-0.2, 0) is 14.8 Å². The second-order valence-corrected chi connectivity index (χ2v) is 7.41. The molecule has 18 heavy (non-hydrogen) atoms. The van der Waals surface area contributed by atoms with E-state index in [1.807, 2.05) is 13.8 Å². The first-order chi connectivity index (χ1) is 8.33. The average Bonchev–Trinajstić information content (AvgIpc) is 2.27. The minimum absolute atomic E-state index is 0.00125. The van der Waals surface area contributed by atoms with Crippen LogP contribution in [0.5, 0.6) is 0 Å². The van der Waals surface area contributed by atoms with Crippen molar-refractivity contribution in [2.75, 3.05) is 18.9 Å². The minimum atomic E-state index is -3.27. The maximum absolute atomic E-state index is 11.8. The predicted molar refractivity (Wildman–Crippen MR) is 72.9 cm³/mol. The number of hydrogen-bond acceptors (Lipinski definition) is 4. The molecule has 0 radical (unpaired) electrons. The van der Waals surface area contributed by atoms with Gasteiger partial charge in [0.1, 0.15) is 0 Å². The zero-order valence-corrected chi connectivity index (χ0v) is 12.3. The molecule has 5 nitrogen and oxygen atoms in total. The zero-order valence-electron chi connectivity index (χ0n) is 11.4. The number of ether oxygens (including phenoxy) is 1. The predicted octanol–water partition coefficient (Wildman–Crippen LogP) is 0.992. The lowest BCUT2D eigenvalue weighted by atomic mass is 9.83. The molecule has 0 aliphatic heterocycles. The monoisotopic (exact) mass is 278 g/mol. The van der Waals surface area contributed by atoms with Gasteiger partial charge in [0, 0.05) is 12.1 Å². The van der Waals surface area contributed by atoms with Gasteiger partial charge in [-0.2, -0.15) is 0 Å². The quantitative estimate of drug-likeness (QED) is 0.727. The van der Waals surface area contributed by atoms with E-state index in [9.17, 15) is 8.42 Å². The van der Waals surface area contributed by atoms with Gasteiger partial charge >= 0.3 is 0 Å². The van der Waals surface area contributed by atoms with Gasteiger partial charge in [-0.05, 0) is 26.7 Å². The van der Waals surface area contributed by atoms with Gasteiger partial charge in [0.2, 0.25) is 10.0 Å². The van der Waals surface area contributed by atoms with Gasteiger partial charge < -0.3 is 10.5 Å². The summed E-state index contributed by atoms with van der Waals surface area (Å²) in [7, 11) is -3.27. The van der Waals surface area contributed by atoms with E-state index in [1.54, 1.807) is 0 Å². The molecule has 3 N–H and O–H groups in total. The molecule has 1 saturated carbocycles. The molecule has 108 valence electrons. The van der Waals surface area contributed by atoms with Crippen LogP contribution in [0.25, 0.3) is 0 Å². The molecule has 1 aliphatic carbocycles. The Kier molecular flexibility index (Phi) is 6.04. The van der Waals surface area contributed by atoms with Crippen molar-refractivity contribution in [2.24, 2.45) is 5.73 Å². The van der Waals surface area contributed by atoms with Gasteiger partial charge in [0.15, 0.2) is 0 Å². The Balaban J connectivity index is 2.32. The van der Waals surface area contributed by atoms with Gasteiger partial charge in [0.05, 0.1) is 18.5 Å². The standard InChI is InChI=1S/C12H26N2O3S/c1-11(2)17-8-9-18(15,16)14-10-12(13)6-4-3-5-7-12/h11,14H,3-10,13H2,1-2H3. The Hall–Kier alpha value is -0.170. The highest BCUT2D eigenvalue weighted by atomic mass is 32.2. The molecule has 0 saturated heterocycles. The third-order valence-corrected chi connectivity index (χ3v) is 4.59. The molecule has 0 unspecified atom stereocenters. The van der Waals surface area contributed by atoms with Crippen molar-refractivity contribution in [3.63, 3.8) is 0 Å². The van der Waals surface area contributed by atoms with E-state index in [4.69, 9.17) is 10.5 Å². The van der Waals surface area contributed by atoms with Crippen LogP contribution >= 0.6 is 0 Å². The molecule has 0 aromatic rings. The first-order valence-electron chi connectivity index (χ1n) is 6.71. The first kappa shape index (κ1) is 15.9. The van der Waals surface area contributed by atoms with Crippen LogP contribution in [0.4, 0.5) is 0 Å². The molecule has 1 fully saturated rings. The van der Waals surface area contributed by atoms with Crippen LogP contribution in [0.3, 0.4) is 0 Å². The van der Waals surface area contributed by atoms with Crippen LogP contribution in [0.15, 0.2) is 0 Å². The van der Waals surface area contributed by atoms with Crippen molar-refractivity contribution < 1.29 is 13.2 Å². The highest BCUT2D eigenvalue weighted by molar-refractivity contribution is 7.89. The molecular weight excluding hydrogens is 252 g/mol. The Morgan fingerprint density at radius 3 is 2.44 bits per heavy atom. The Bertz CT molecular complexity index is 335. The molecule has 0 aromatic carbocycles. The van der Waals surface area contributed by atoms with Gasteiger partial charge in [-0.3, -0.25) is 0 Å². The molecule has 0 heterocycles. The summed E-state index contributed by atoms with van der Waals surface area (Å²) in [6.45, 7) is 4.34.